The molecule has 0 fully saturated rings. The largest absolute Gasteiger partial charge is 0.398 e. The van der Waals surface area contributed by atoms with E-state index in [9.17, 15) is 4.79 Å². The molecule has 0 spiro atoms. The van der Waals surface area contributed by atoms with Crippen LogP contribution in [-0.2, 0) is 11.2 Å². The summed E-state index contributed by atoms with van der Waals surface area (Å²) >= 11 is 0. The van der Waals surface area contributed by atoms with Crippen LogP contribution in [0.5, 0.6) is 0 Å². The Kier molecular flexibility index (Phi) is 3.75. The van der Waals surface area contributed by atoms with E-state index in [0.717, 1.165) is 25.2 Å². The number of nitrogen functional groups attached to an aromatic ring is 1. The molecular formula is C14H21N3O. The van der Waals surface area contributed by atoms with E-state index >= 15 is 0 Å². The topological polar surface area (TPSA) is 58.4 Å². The first-order valence-corrected chi connectivity index (χ1v) is 6.49. The Bertz CT molecular complexity index is 443. The lowest BCUT2D eigenvalue weighted by molar-refractivity contribution is -0.121. The molecule has 4 nitrogen and oxygen atoms in total. The van der Waals surface area contributed by atoms with E-state index in [-0.39, 0.29) is 11.9 Å². The number of hydrogen-bond acceptors (Lipinski definition) is 3. The van der Waals surface area contributed by atoms with Gasteiger partial charge in [0, 0.05) is 42.5 Å². The summed E-state index contributed by atoms with van der Waals surface area (Å²) in [6.07, 6.45) is 1.51. The van der Waals surface area contributed by atoms with Gasteiger partial charge in [-0.3, -0.25) is 4.79 Å². The third-order valence-corrected chi connectivity index (χ3v) is 3.22. The minimum Gasteiger partial charge on any atom is -0.398 e. The number of carbonyl (C=O) groups excluding carboxylic acids is 1. The first kappa shape index (κ1) is 12.7. The van der Waals surface area contributed by atoms with Crippen LogP contribution in [0.3, 0.4) is 0 Å². The molecule has 0 unspecified atom stereocenters. The first-order chi connectivity index (χ1) is 8.58. The van der Waals surface area contributed by atoms with Gasteiger partial charge >= 0.3 is 0 Å². The fourth-order valence-corrected chi connectivity index (χ4v) is 2.39. The number of carbonyl (C=O) groups is 1. The van der Waals surface area contributed by atoms with Gasteiger partial charge < -0.3 is 16.0 Å². The van der Waals surface area contributed by atoms with Crippen LogP contribution in [0.4, 0.5) is 11.4 Å². The normalized spacial score (nSPS) is 13.8. The SMILES string of the molecule is CC(C)NC(=O)CCN1CCc2c(N)cccc21. The average Bonchev–Trinajstić information content (AvgIpc) is 2.70. The van der Waals surface area contributed by atoms with E-state index in [4.69, 9.17) is 5.73 Å². The summed E-state index contributed by atoms with van der Waals surface area (Å²) < 4.78 is 0. The zero-order valence-corrected chi connectivity index (χ0v) is 11.1. The zero-order chi connectivity index (χ0) is 13.1. The standard InChI is InChI=1S/C14H21N3O/c1-10(2)16-14(18)7-9-17-8-6-11-12(15)4-3-5-13(11)17/h3-5,10H,6-9,15H2,1-2H3,(H,16,18). The van der Waals surface area contributed by atoms with Crippen molar-refractivity contribution in [2.45, 2.75) is 32.7 Å². The predicted molar refractivity (Wildman–Crippen MR) is 74.7 cm³/mol. The third-order valence-electron chi connectivity index (χ3n) is 3.22. The van der Waals surface area contributed by atoms with Crippen LogP contribution < -0.4 is 16.0 Å². The van der Waals surface area contributed by atoms with E-state index in [1.54, 1.807) is 0 Å². The Morgan fingerprint density at radius 3 is 3.00 bits per heavy atom. The number of anilines is 2. The predicted octanol–water partition coefficient (Wildman–Crippen LogP) is 1.55. The maximum atomic E-state index is 11.6. The fraction of sp³-hybridized carbons (Fsp3) is 0.500. The monoisotopic (exact) mass is 247 g/mol. The highest BCUT2D eigenvalue weighted by molar-refractivity contribution is 5.77. The summed E-state index contributed by atoms with van der Waals surface area (Å²) in [5, 5.41) is 2.91. The number of nitrogens with two attached hydrogens (primary N) is 1. The average molecular weight is 247 g/mol. The Hall–Kier alpha value is -1.71. The Labute approximate surface area is 108 Å². The van der Waals surface area contributed by atoms with Crippen LogP contribution in [0.15, 0.2) is 18.2 Å². The number of hydrogen-bond donors (Lipinski definition) is 2. The van der Waals surface area contributed by atoms with Gasteiger partial charge in [-0.05, 0) is 32.4 Å². The molecule has 1 aromatic carbocycles. The number of fused-ring (bicyclic) bond motifs is 1. The highest BCUT2D eigenvalue weighted by Crippen LogP contribution is 2.31. The smallest absolute Gasteiger partial charge is 0.221 e. The number of rotatable bonds is 4. The molecule has 4 heteroatoms. The summed E-state index contributed by atoms with van der Waals surface area (Å²) in [7, 11) is 0. The van der Waals surface area contributed by atoms with Crippen molar-refractivity contribution >= 4 is 17.3 Å². The molecule has 1 heterocycles. The molecule has 0 bridgehead atoms. The molecule has 0 saturated carbocycles. The summed E-state index contributed by atoms with van der Waals surface area (Å²) in [6, 6.07) is 6.20. The van der Waals surface area contributed by atoms with Gasteiger partial charge in [-0.2, -0.15) is 0 Å². The van der Waals surface area contributed by atoms with Crippen molar-refractivity contribution in [3.63, 3.8) is 0 Å². The van der Waals surface area contributed by atoms with Gasteiger partial charge in [0.2, 0.25) is 5.91 Å². The highest BCUT2D eigenvalue weighted by Gasteiger charge is 2.20. The minimum atomic E-state index is 0.113. The Morgan fingerprint density at radius 2 is 2.28 bits per heavy atom. The summed E-state index contributed by atoms with van der Waals surface area (Å²) in [5.74, 6) is 0.113. The number of amides is 1. The molecule has 1 aromatic rings. The van der Waals surface area contributed by atoms with Crippen LogP contribution in [0.1, 0.15) is 25.8 Å². The molecule has 2 rings (SSSR count). The van der Waals surface area contributed by atoms with E-state index < -0.39 is 0 Å². The molecule has 98 valence electrons. The molecule has 3 N–H and O–H groups in total. The van der Waals surface area contributed by atoms with Crippen molar-refractivity contribution in [2.75, 3.05) is 23.7 Å². The summed E-state index contributed by atoms with van der Waals surface area (Å²) in [4.78, 5) is 13.9. The molecule has 0 radical (unpaired) electrons. The van der Waals surface area contributed by atoms with Gasteiger partial charge in [0.1, 0.15) is 0 Å². The Morgan fingerprint density at radius 1 is 1.50 bits per heavy atom. The van der Waals surface area contributed by atoms with Gasteiger partial charge in [0.25, 0.3) is 0 Å². The van der Waals surface area contributed by atoms with Gasteiger partial charge in [0.05, 0.1) is 0 Å². The molecule has 0 saturated heterocycles. The van der Waals surface area contributed by atoms with Crippen LogP contribution >= 0.6 is 0 Å². The fourth-order valence-electron chi connectivity index (χ4n) is 2.39. The van der Waals surface area contributed by atoms with Crippen LogP contribution in [0, 0.1) is 0 Å². The van der Waals surface area contributed by atoms with Crippen molar-refractivity contribution in [1.29, 1.82) is 0 Å². The molecule has 0 aromatic heterocycles. The molecule has 1 aliphatic heterocycles. The van der Waals surface area contributed by atoms with E-state index in [1.807, 2.05) is 26.0 Å². The van der Waals surface area contributed by atoms with Crippen molar-refractivity contribution in [1.82, 2.24) is 5.32 Å². The lowest BCUT2D eigenvalue weighted by Crippen LogP contribution is -2.33. The quantitative estimate of drug-likeness (QED) is 0.794. The number of nitrogens with zero attached hydrogens (tertiary/aromatic N) is 1. The van der Waals surface area contributed by atoms with Gasteiger partial charge in [-0.1, -0.05) is 6.07 Å². The van der Waals surface area contributed by atoms with Crippen LogP contribution in [0.25, 0.3) is 0 Å². The molecule has 0 atom stereocenters. The molecule has 0 aliphatic carbocycles. The zero-order valence-electron chi connectivity index (χ0n) is 11.1. The second-order valence-corrected chi connectivity index (χ2v) is 5.05. The van der Waals surface area contributed by atoms with Gasteiger partial charge in [-0.15, -0.1) is 0 Å². The second-order valence-electron chi connectivity index (χ2n) is 5.05. The van der Waals surface area contributed by atoms with Gasteiger partial charge in [0.15, 0.2) is 0 Å². The third kappa shape index (κ3) is 2.75. The lowest BCUT2D eigenvalue weighted by Gasteiger charge is -2.19. The van der Waals surface area contributed by atoms with Crippen molar-refractivity contribution in [3.8, 4) is 0 Å². The molecule has 1 aliphatic rings. The molecule has 18 heavy (non-hydrogen) atoms. The maximum absolute atomic E-state index is 11.6. The van der Waals surface area contributed by atoms with Crippen molar-refractivity contribution in [2.24, 2.45) is 0 Å². The van der Waals surface area contributed by atoms with E-state index in [0.29, 0.717) is 6.42 Å². The Balaban J connectivity index is 1.94. The minimum absolute atomic E-state index is 0.113. The van der Waals surface area contributed by atoms with E-state index in [2.05, 4.69) is 16.3 Å². The maximum Gasteiger partial charge on any atom is 0.221 e. The number of benzene rings is 1. The van der Waals surface area contributed by atoms with Crippen LogP contribution in [0.2, 0.25) is 0 Å². The molecular weight excluding hydrogens is 226 g/mol. The van der Waals surface area contributed by atoms with Crippen molar-refractivity contribution in [3.05, 3.63) is 23.8 Å². The molecule has 1 amide bonds. The van der Waals surface area contributed by atoms with Crippen LogP contribution in [-0.4, -0.2) is 25.0 Å². The first-order valence-electron chi connectivity index (χ1n) is 6.49. The van der Waals surface area contributed by atoms with E-state index in [1.165, 1.54) is 11.3 Å². The van der Waals surface area contributed by atoms with Gasteiger partial charge in [-0.25, -0.2) is 0 Å². The summed E-state index contributed by atoms with van der Waals surface area (Å²) in [6.45, 7) is 5.67. The van der Waals surface area contributed by atoms with Crippen molar-refractivity contribution < 1.29 is 4.79 Å². The number of nitrogens with one attached hydrogen (secondary N) is 1. The second kappa shape index (κ2) is 5.29. The highest BCUT2D eigenvalue weighted by atomic mass is 16.1. The summed E-state index contributed by atoms with van der Waals surface area (Å²) in [5.41, 5.74) is 9.22. The lowest BCUT2D eigenvalue weighted by atomic mass is 10.1.